The number of carboxylic acid groups (broad SMARTS) is 1. The van der Waals surface area contributed by atoms with E-state index >= 15 is 0 Å². The van der Waals surface area contributed by atoms with Gasteiger partial charge in [0.15, 0.2) is 0 Å². The number of aryl methyl sites for hydroxylation is 1. The maximum Gasteiger partial charge on any atom is 0.320 e. The summed E-state index contributed by atoms with van der Waals surface area (Å²) in [5, 5.41) is 10.7. The van der Waals surface area contributed by atoms with E-state index in [0.717, 1.165) is 16.5 Å². The highest BCUT2D eigenvalue weighted by Crippen LogP contribution is 2.33. The van der Waals surface area contributed by atoms with Crippen molar-refractivity contribution in [1.29, 1.82) is 0 Å². The third-order valence-electron chi connectivity index (χ3n) is 2.87. The first kappa shape index (κ1) is 13.2. The molecule has 0 aliphatic heterocycles. The predicted octanol–water partition coefficient (Wildman–Crippen LogP) is 2.44. The second kappa shape index (κ2) is 4.80. The Morgan fingerprint density at radius 3 is 2.78 bits per heavy atom. The molecular formula is C12H12Cl2N2O2. The fraction of sp³-hybridized carbons (Fsp3) is 0.250. The molecule has 4 nitrogen and oxygen atoms in total. The summed E-state index contributed by atoms with van der Waals surface area (Å²) in [6.07, 6.45) is 2.08. The van der Waals surface area contributed by atoms with Crippen molar-refractivity contribution in [3.05, 3.63) is 33.9 Å². The predicted molar refractivity (Wildman–Crippen MR) is 72.3 cm³/mol. The van der Waals surface area contributed by atoms with Crippen LogP contribution in [0.25, 0.3) is 10.9 Å². The van der Waals surface area contributed by atoms with Gasteiger partial charge in [-0.3, -0.25) is 4.79 Å². The van der Waals surface area contributed by atoms with Crippen molar-refractivity contribution < 1.29 is 9.90 Å². The Morgan fingerprint density at radius 2 is 2.17 bits per heavy atom. The van der Waals surface area contributed by atoms with E-state index in [1.807, 2.05) is 23.9 Å². The normalized spacial score (nSPS) is 12.9. The van der Waals surface area contributed by atoms with Crippen LogP contribution in [0.15, 0.2) is 18.3 Å². The Kier molecular flexibility index (Phi) is 3.52. The highest BCUT2D eigenvalue weighted by atomic mass is 35.5. The lowest BCUT2D eigenvalue weighted by atomic mass is 10.1. The van der Waals surface area contributed by atoms with Gasteiger partial charge in [0.1, 0.15) is 6.04 Å². The molecule has 0 fully saturated rings. The second-order valence-electron chi connectivity index (χ2n) is 4.17. The molecule has 0 saturated heterocycles. The molecule has 3 N–H and O–H groups in total. The molecule has 18 heavy (non-hydrogen) atoms. The van der Waals surface area contributed by atoms with Gasteiger partial charge in [0.2, 0.25) is 0 Å². The molecule has 96 valence electrons. The molecule has 1 aromatic carbocycles. The lowest BCUT2D eigenvalue weighted by molar-refractivity contribution is -0.138. The third-order valence-corrected chi connectivity index (χ3v) is 3.67. The number of aliphatic carboxylic acids is 1. The SMILES string of the molecule is Cn1cc(CC(N)C(=O)O)c2ccc(Cl)c(Cl)c21. The monoisotopic (exact) mass is 286 g/mol. The number of carboxylic acids is 1. The molecule has 2 rings (SSSR count). The molecule has 2 aromatic rings. The largest absolute Gasteiger partial charge is 0.480 e. The molecule has 1 atom stereocenters. The number of hydrogen-bond acceptors (Lipinski definition) is 2. The van der Waals surface area contributed by atoms with Crippen LogP contribution in [0, 0.1) is 0 Å². The summed E-state index contributed by atoms with van der Waals surface area (Å²) in [4.78, 5) is 10.8. The average Bonchev–Trinajstić information content (AvgIpc) is 2.61. The Labute approximate surface area is 114 Å². The highest BCUT2D eigenvalue weighted by molar-refractivity contribution is 6.45. The number of fused-ring (bicyclic) bond motifs is 1. The number of carbonyl (C=O) groups is 1. The van der Waals surface area contributed by atoms with Crippen LogP contribution in [0.1, 0.15) is 5.56 Å². The maximum atomic E-state index is 10.8. The van der Waals surface area contributed by atoms with Gasteiger partial charge in [0.25, 0.3) is 0 Å². The standard InChI is InChI=1S/C12H12Cl2N2O2/c1-16-5-6(4-9(15)12(17)18)7-2-3-8(13)10(14)11(7)16/h2-3,5,9H,4,15H2,1H3,(H,17,18). The van der Waals surface area contributed by atoms with Crippen LogP contribution in [0.3, 0.4) is 0 Å². The summed E-state index contributed by atoms with van der Waals surface area (Å²) < 4.78 is 1.83. The van der Waals surface area contributed by atoms with Crippen LogP contribution < -0.4 is 5.73 Å². The van der Waals surface area contributed by atoms with E-state index in [-0.39, 0.29) is 6.42 Å². The van der Waals surface area contributed by atoms with E-state index in [2.05, 4.69) is 0 Å². The molecule has 0 amide bonds. The summed E-state index contributed by atoms with van der Waals surface area (Å²) in [5.74, 6) is -1.02. The smallest absolute Gasteiger partial charge is 0.320 e. The van der Waals surface area contributed by atoms with Gasteiger partial charge in [-0.1, -0.05) is 29.3 Å². The molecular weight excluding hydrogens is 275 g/mol. The topological polar surface area (TPSA) is 68.2 Å². The van der Waals surface area contributed by atoms with Crippen LogP contribution in [0.4, 0.5) is 0 Å². The van der Waals surface area contributed by atoms with E-state index in [1.165, 1.54) is 0 Å². The van der Waals surface area contributed by atoms with Crippen molar-refractivity contribution in [1.82, 2.24) is 4.57 Å². The molecule has 0 aliphatic rings. The van der Waals surface area contributed by atoms with Gasteiger partial charge in [-0.05, 0) is 11.6 Å². The van der Waals surface area contributed by atoms with Crippen LogP contribution in [0.5, 0.6) is 0 Å². The van der Waals surface area contributed by atoms with E-state index in [4.69, 9.17) is 34.0 Å². The van der Waals surface area contributed by atoms with E-state index in [9.17, 15) is 4.79 Å². The average molecular weight is 287 g/mol. The summed E-state index contributed by atoms with van der Waals surface area (Å²) in [5.41, 5.74) is 7.19. The maximum absolute atomic E-state index is 10.8. The Bertz CT molecular complexity index is 622. The summed E-state index contributed by atoms with van der Waals surface area (Å²) >= 11 is 12.1. The van der Waals surface area contributed by atoms with Crippen molar-refractivity contribution >= 4 is 40.1 Å². The molecule has 1 aromatic heterocycles. The van der Waals surface area contributed by atoms with Crippen molar-refractivity contribution in [3.8, 4) is 0 Å². The minimum atomic E-state index is -1.02. The highest BCUT2D eigenvalue weighted by Gasteiger charge is 2.17. The fourth-order valence-electron chi connectivity index (χ4n) is 2.00. The van der Waals surface area contributed by atoms with Gasteiger partial charge in [-0.15, -0.1) is 0 Å². The summed E-state index contributed by atoms with van der Waals surface area (Å²) in [6.45, 7) is 0. The fourth-order valence-corrected chi connectivity index (χ4v) is 2.45. The molecule has 1 unspecified atom stereocenters. The lowest BCUT2D eigenvalue weighted by Gasteiger charge is -2.05. The van der Waals surface area contributed by atoms with E-state index < -0.39 is 12.0 Å². The molecule has 6 heteroatoms. The molecule has 0 radical (unpaired) electrons. The minimum Gasteiger partial charge on any atom is -0.480 e. The van der Waals surface area contributed by atoms with Gasteiger partial charge in [-0.25, -0.2) is 0 Å². The quantitative estimate of drug-likeness (QED) is 0.911. The molecule has 0 aliphatic carbocycles. The number of benzene rings is 1. The number of nitrogens with zero attached hydrogens (tertiary/aromatic N) is 1. The van der Waals surface area contributed by atoms with Gasteiger partial charge in [-0.2, -0.15) is 0 Å². The zero-order chi connectivity index (χ0) is 13.4. The number of aromatic nitrogens is 1. The van der Waals surface area contributed by atoms with Crippen molar-refractivity contribution in [3.63, 3.8) is 0 Å². The first-order valence-corrected chi connectivity index (χ1v) is 6.07. The van der Waals surface area contributed by atoms with Gasteiger partial charge in [0, 0.05) is 25.1 Å². The number of nitrogens with two attached hydrogens (primary N) is 1. The minimum absolute atomic E-state index is 0.255. The first-order chi connectivity index (χ1) is 8.41. The van der Waals surface area contributed by atoms with Gasteiger partial charge in [0.05, 0.1) is 15.6 Å². The van der Waals surface area contributed by atoms with Crippen molar-refractivity contribution in [2.75, 3.05) is 0 Å². The number of hydrogen-bond donors (Lipinski definition) is 2. The Morgan fingerprint density at radius 1 is 1.50 bits per heavy atom. The molecule has 0 bridgehead atoms. The van der Waals surface area contributed by atoms with Crippen LogP contribution in [0.2, 0.25) is 10.0 Å². The van der Waals surface area contributed by atoms with E-state index in [0.29, 0.717) is 10.0 Å². The zero-order valence-electron chi connectivity index (χ0n) is 9.65. The third kappa shape index (κ3) is 2.19. The Hall–Kier alpha value is -1.23. The second-order valence-corrected chi connectivity index (χ2v) is 4.96. The number of rotatable bonds is 3. The van der Waals surface area contributed by atoms with Crippen molar-refractivity contribution in [2.24, 2.45) is 12.8 Å². The van der Waals surface area contributed by atoms with Gasteiger partial charge >= 0.3 is 5.97 Å². The summed E-state index contributed by atoms with van der Waals surface area (Å²) in [6, 6.07) is 2.60. The van der Waals surface area contributed by atoms with Gasteiger partial charge < -0.3 is 15.4 Å². The zero-order valence-corrected chi connectivity index (χ0v) is 11.2. The first-order valence-electron chi connectivity index (χ1n) is 5.32. The van der Waals surface area contributed by atoms with Crippen LogP contribution in [-0.2, 0) is 18.3 Å². The van der Waals surface area contributed by atoms with E-state index in [1.54, 1.807) is 6.07 Å². The van der Waals surface area contributed by atoms with Crippen LogP contribution in [-0.4, -0.2) is 21.7 Å². The Balaban J connectivity index is 2.54. The lowest BCUT2D eigenvalue weighted by Crippen LogP contribution is -2.32. The summed E-state index contributed by atoms with van der Waals surface area (Å²) in [7, 11) is 1.83. The molecule has 0 saturated carbocycles. The van der Waals surface area contributed by atoms with Crippen LogP contribution >= 0.6 is 23.2 Å². The molecule has 0 spiro atoms. The van der Waals surface area contributed by atoms with Crippen molar-refractivity contribution in [2.45, 2.75) is 12.5 Å². The molecule has 1 heterocycles. The number of halogens is 2.